The molecule has 0 spiro atoms. The second-order valence-electron chi connectivity index (χ2n) is 7.26. The Balaban J connectivity index is 1.67. The van der Waals surface area contributed by atoms with Crippen LogP contribution in [0.15, 0.2) is 91.3 Å². The predicted molar refractivity (Wildman–Crippen MR) is 130 cm³/mol. The van der Waals surface area contributed by atoms with E-state index in [1.165, 1.54) is 0 Å². The minimum atomic E-state index is -0.128. The average molecular weight is 465 g/mol. The van der Waals surface area contributed by atoms with Gasteiger partial charge in [-0.3, -0.25) is 4.98 Å². The number of hydrogen-bond donors (Lipinski definition) is 1. The van der Waals surface area contributed by atoms with Crippen molar-refractivity contribution >= 4 is 46.2 Å². The number of halogens is 2. The molecular weight excluding hydrogens is 447 g/mol. The van der Waals surface area contributed by atoms with Gasteiger partial charge in [0.05, 0.1) is 11.7 Å². The van der Waals surface area contributed by atoms with E-state index in [4.69, 9.17) is 35.4 Å². The summed E-state index contributed by atoms with van der Waals surface area (Å²) in [6, 6.07) is 25.3. The van der Waals surface area contributed by atoms with Crippen LogP contribution in [0.4, 0.5) is 5.69 Å². The highest BCUT2D eigenvalue weighted by atomic mass is 35.5. The number of rotatable bonds is 4. The molecule has 31 heavy (non-hydrogen) atoms. The quantitative estimate of drug-likeness (QED) is 0.356. The molecule has 0 amide bonds. The minimum absolute atomic E-state index is 0.127. The van der Waals surface area contributed by atoms with Crippen molar-refractivity contribution in [2.75, 3.05) is 4.90 Å². The summed E-state index contributed by atoms with van der Waals surface area (Å²) in [5, 5.41) is 5.50. The van der Waals surface area contributed by atoms with Crippen molar-refractivity contribution in [2.45, 2.75) is 12.1 Å². The molecule has 2 unspecified atom stereocenters. The number of benzene rings is 2. The molecule has 2 atom stereocenters. The Morgan fingerprint density at radius 2 is 1.68 bits per heavy atom. The van der Waals surface area contributed by atoms with E-state index in [-0.39, 0.29) is 12.1 Å². The maximum Gasteiger partial charge on any atom is 0.174 e. The molecule has 1 aliphatic rings. The van der Waals surface area contributed by atoms with Gasteiger partial charge in [0.1, 0.15) is 6.04 Å². The lowest BCUT2D eigenvalue weighted by Gasteiger charge is -2.29. The summed E-state index contributed by atoms with van der Waals surface area (Å²) in [7, 11) is 0. The van der Waals surface area contributed by atoms with E-state index >= 15 is 0 Å². The highest BCUT2D eigenvalue weighted by Gasteiger charge is 2.42. The zero-order chi connectivity index (χ0) is 21.4. The van der Waals surface area contributed by atoms with Crippen LogP contribution in [0.25, 0.3) is 5.69 Å². The van der Waals surface area contributed by atoms with E-state index in [9.17, 15) is 0 Å². The maximum atomic E-state index is 6.28. The maximum absolute atomic E-state index is 6.28. The fraction of sp³-hybridized carbons (Fsp3) is 0.0833. The Morgan fingerprint density at radius 1 is 0.839 bits per heavy atom. The van der Waals surface area contributed by atoms with Crippen LogP contribution >= 0.6 is 35.4 Å². The summed E-state index contributed by atoms with van der Waals surface area (Å²) in [6.45, 7) is 0. The lowest BCUT2D eigenvalue weighted by Crippen LogP contribution is -2.30. The van der Waals surface area contributed by atoms with Crippen LogP contribution < -0.4 is 10.2 Å². The Bertz CT molecular complexity index is 1220. The Labute approximate surface area is 196 Å². The first-order valence-corrected chi connectivity index (χ1v) is 11.0. The average Bonchev–Trinajstić information content (AvgIpc) is 3.39. The van der Waals surface area contributed by atoms with Gasteiger partial charge in [0.25, 0.3) is 0 Å². The van der Waals surface area contributed by atoms with Gasteiger partial charge in [0.2, 0.25) is 0 Å². The van der Waals surface area contributed by atoms with Crippen LogP contribution in [0.1, 0.15) is 23.5 Å². The molecule has 7 heteroatoms. The van der Waals surface area contributed by atoms with Gasteiger partial charge in [-0.1, -0.05) is 35.3 Å². The van der Waals surface area contributed by atoms with E-state index in [0.29, 0.717) is 15.2 Å². The molecule has 1 saturated heterocycles. The molecule has 4 nitrogen and oxygen atoms in total. The van der Waals surface area contributed by atoms with Crippen molar-refractivity contribution in [3.8, 4) is 5.69 Å². The summed E-state index contributed by atoms with van der Waals surface area (Å²) in [5.41, 5.74) is 3.94. The van der Waals surface area contributed by atoms with Crippen LogP contribution in [0.2, 0.25) is 10.0 Å². The van der Waals surface area contributed by atoms with Crippen molar-refractivity contribution in [3.05, 3.63) is 113 Å². The fourth-order valence-electron chi connectivity index (χ4n) is 4.03. The fourth-order valence-corrected chi connectivity index (χ4v) is 4.69. The first kappa shape index (κ1) is 20.1. The topological polar surface area (TPSA) is 33.1 Å². The van der Waals surface area contributed by atoms with Gasteiger partial charge < -0.3 is 14.8 Å². The predicted octanol–water partition coefficient (Wildman–Crippen LogP) is 6.36. The van der Waals surface area contributed by atoms with Crippen LogP contribution in [0, 0.1) is 0 Å². The van der Waals surface area contributed by atoms with Crippen LogP contribution in [-0.4, -0.2) is 14.7 Å². The van der Waals surface area contributed by atoms with Gasteiger partial charge in [-0.2, -0.15) is 0 Å². The van der Waals surface area contributed by atoms with Crippen molar-refractivity contribution in [1.82, 2.24) is 14.9 Å². The van der Waals surface area contributed by atoms with Crippen molar-refractivity contribution < 1.29 is 0 Å². The molecule has 5 rings (SSSR count). The largest absolute Gasteiger partial charge is 0.351 e. The standard InChI is InChI=1S/C24H18Cl2N4S/c25-16-9-11-18(12-10-16)30-23(22(28-24(30)31)20-7-1-2-13-27-20)21-8-4-14-29(21)19-6-3-5-17(26)15-19/h1-15,22-23H,(H,28,31). The van der Waals surface area contributed by atoms with E-state index in [1.54, 1.807) is 6.20 Å². The number of nitrogens with zero attached hydrogens (tertiary/aromatic N) is 3. The summed E-state index contributed by atoms with van der Waals surface area (Å²) in [5.74, 6) is 0. The Hall–Kier alpha value is -2.86. The molecular formula is C24H18Cl2N4S. The Morgan fingerprint density at radius 3 is 2.42 bits per heavy atom. The van der Waals surface area contributed by atoms with Crippen molar-refractivity contribution in [2.24, 2.45) is 0 Å². The second kappa shape index (κ2) is 8.35. The van der Waals surface area contributed by atoms with Gasteiger partial charge in [-0.25, -0.2) is 0 Å². The SMILES string of the molecule is S=C1NC(c2ccccn2)C(c2cccn2-c2cccc(Cl)c2)N1c1ccc(Cl)cc1. The zero-order valence-electron chi connectivity index (χ0n) is 16.3. The Kier molecular flexibility index (Phi) is 5.40. The van der Waals surface area contributed by atoms with Gasteiger partial charge in [-0.15, -0.1) is 0 Å². The van der Waals surface area contributed by atoms with Gasteiger partial charge in [0, 0.05) is 39.5 Å². The third-order valence-electron chi connectivity index (χ3n) is 5.37. The van der Waals surface area contributed by atoms with Gasteiger partial charge in [0.15, 0.2) is 5.11 Å². The van der Waals surface area contributed by atoms with Crippen LogP contribution in [-0.2, 0) is 0 Å². The lowest BCUT2D eigenvalue weighted by molar-refractivity contribution is 0.549. The smallest absolute Gasteiger partial charge is 0.174 e. The third kappa shape index (κ3) is 3.81. The highest BCUT2D eigenvalue weighted by molar-refractivity contribution is 7.80. The summed E-state index contributed by atoms with van der Waals surface area (Å²) in [6.07, 6.45) is 3.84. The molecule has 2 aromatic heterocycles. The molecule has 4 aromatic rings. The van der Waals surface area contributed by atoms with Gasteiger partial charge >= 0.3 is 0 Å². The first-order valence-electron chi connectivity index (χ1n) is 9.81. The monoisotopic (exact) mass is 464 g/mol. The molecule has 154 valence electrons. The van der Waals surface area contributed by atoms with Crippen molar-refractivity contribution in [3.63, 3.8) is 0 Å². The number of nitrogens with one attached hydrogen (secondary N) is 1. The zero-order valence-corrected chi connectivity index (χ0v) is 18.6. The number of hydrogen-bond acceptors (Lipinski definition) is 2. The lowest BCUT2D eigenvalue weighted by atomic mass is 10.0. The third-order valence-corrected chi connectivity index (χ3v) is 6.17. The van der Waals surface area contributed by atoms with Crippen LogP contribution in [0.5, 0.6) is 0 Å². The highest BCUT2D eigenvalue weighted by Crippen LogP contribution is 2.42. The summed E-state index contributed by atoms with van der Waals surface area (Å²) >= 11 is 18.2. The first-order chi connectivity index (χ1) is 15.1. The molecule has 0 bridgehead atoms. The molecule has 0 saturated carbocycles. The van der Waals surface area contributed by atoms with Gasteiger partial charge in [-0.05, 0) is 78.9 Å². The normalized spacial score (nSPS) is 18.3. The number of thiocarbonyl (C=S) groups is 1. The molecule has 2 aromatic carbocycles. The van der Waals surface area contributed by atoms with E-state index < -0.39 is 0 Å². The second-order valence-corrected chi connectivity index (χ2v) is 8.52. The molecule has 0 radical (unpaired) electrons. The van der Waals surface area contributed by atoms with E-state index in [1.807, 2.05) is 79.0 Å². The number of pyridine rings is 1. The number of aromatic nitrogens is 2. The molecule has 3 heterocycles. The summed E-state index contributed by atoms with van der Waals surface area (Å²) in [4.78, 5) is 6.74. The molecule has 1 N–H and O–H groups in total. The van der Waals surface area contributed by atoms with Crippen molar-refractivity contribution in [1.29, 1.82) is 0 Å². The minimum Gasteiger partial charge on any atom is -0.351 e. The van der Waals surface area contributed by atoms with Crippen LogP contribution in [0.3, 0.4) is 0 Å². The summed E-state index contributed by atoms with van der Waals surface area (Å²) < 4.78 is 2.14. The molecule has 0 aliphatic carbocycles. The molecule has 1 aliphatic heterocycles. The molecule has 1 fully saturated rings. The van der Waals surface area contributed by atoms with E-state index in [0.717, 1.165) is 22.8 Å². The number of anilines is 1. The van der Waals surface area contributed by atoms with E-state index in [2.05, 4.69) is 25.8 Å².